The summed E-state index contributed by atoms with van der Waals surface area (Å²) in [6.45, 7) is 17.9. The number of hydrogen-bond acceptors (Lipinski definition) is 6. The topological polar surface area (TPSA) is 156 Å². The molecule has 1 aromatic rings. The number of hydrogen-bond donors (Lipinski definition) is 4. The number of allylic oxidation sites excluding steroid dienone is 2. The third-order valence-corrected chi connectivity index (χ3v) is 4.90. The summed E-state index contributed by atoms with van der Waals surface area (Å²) in [6.07, 6.45) is 14.7. The van der Waals surface area contributed by atoms with Crippen LogP contribution >= 0.6 is 0 Å². The maximum atomic E-state index is 12.3. The van der Waals surface area contributed by atoms with Crippen molar-refractivity contribution in [1.82, 2.24) is 5.32 Å². The minimum absolute atomic E-state index is 0.00255. The Labute approximate surface area is 255 Å². The number of terminal acetylenes is 1. The maximum absolute atomic E-state index is 12.3. The Morgan fingerprint density at radius 3 is 1.93 bits per heavy atom. The van der Waals surface area contributed by atoms with Gasteiger partial charge in [0.25, 0.3) is 0 Å². The summed E-state index contributed by atoms with van der Waals surface area (Å²) in [4.78, 5) is 51.3. The molecule has 3 amide bonds. The Kier molecular flexibility index (Phi) is 44.7. The maximum Gasteiger partial charge on any atom is 0.226 e. The van der Waals surface area contributed by atoms with E-state index in [2.05, 4.69) is 29.7 Å². The van der Waals surface area contributed by atoms with E-state index in [4.69, 9.17) is 9.59 Å². The Hall–Kier alpha value is -3.93. The van der Waals surface area contributed by atoms with Crippen LogP contribution in [0.3, 0.4) is 0 Å². The van der Waals surface area contributed by atoms with Crippen molar-refractivity contribution in [3.8, 4) is 18.1 Å². The Balaban J connectivity index is -0.000000236. The van der Waals surface area contributed by atoms with Gasteiger partial charge in [-0.2, -0.15) is 0 Å². The van der Waals surface area contributed by atoms with Crippen LogP contribution in [-0.4, -0.2) is 41.9 Å². The molecular weight excluding hydrogens is 534 g/mol. The summed E-state index contributed by atoms with van der Waals surface area (Å²) in [7, 11) is 0. The van der Waals surface area contributed by atoms with Crippen LogP contribution in [0.5, 0.6) is 5.75 Å². The van der Waals surface area contributed by atoms with Gasteiger partial charge in [-0.25, -0.2) is 0 Å². The predicted octanol–water partition coefficient (Wildman–Crippen LogP) is 6.13. The van der Waals surface area contributed by atoms with Gasteiger partial charge in [-0.15, -0.1) is 6.42 Å². The highest BCUT2D eigenvalue weighted by Gasteiger charge is 2.20. The van der Waals surface area contributed by atoms with Crippen molar-refractivity contribution in [2.45, 2.75) is 113 Å². The van der Waals surface area contributed by atoms with Crippen molar-refractivity contribution >= 4 is 36.5 Å². The molecule has 0 aromatic heterocycles. The second-order valence-corrected chi connectivity index (χ2v) is 8.27. The predicted molar refractivity (Wildman–Crippen MR) is 175 cm³/mol. The first-order chi connectivity index (χ1) is 20.1. The fourth-order valence-electron chi connectivity index (χ4n) is 2.83. The van der Waals surface area contributed by atoms with Crippen LogP contribution in [0.4, 0.5) is 5.69 Å². The molecule has 0 aliphatic carbocycles. The Bertz CT molecular complexity index is 877. The summed E-state index contributed by atoms with van der Waals surface area (Å²) in [5, 5.41) is 15.7. The van der Waals surface area contributed by atoms with Crippen LogP contribution in [0, 0.1) is 18.3 Å². The van der Waals surface area contributed by atoms with E-state index in [1.54, 1.807) is 31.1 Å². The van der Waals surface area contributed by atoms with E-state index in [0.717, 1.165) is 44.0 Å². The fraction of sp³-hybridized carbons (Fsp3) is 0.545. The van der Waals surface area contributed by atoms with Gasteiger partial charge in [-0.1, -0.05) is 86.8 Å². The number of rotatable bonds is 12. The molecule has 5 N–H and O–H groups in total. The van der Waals surface area contributed by atoms with E-state index in [1.807, 2.05) is 54.5 Å². The van der Waals surface area contributed by atoms with Gasteiger partial charge in [-0.05, 0) is 55.4 Å². The number of aryl methyl sites for hydroxylation is 1. The SMILES string of the molecule is C#CC=O.C/C=C\C=O.CC.CC.CCCCCCC(=O)NC(CC(=O)Nc1ccc(CC)cc1O)C(C)C.NC=O. The molecule has 0 saturated heterocycles. The van der Waals surface area contributed by atoms with E-state index in [0.29, 0.717) is 18.4 Å². The third-order valence-electron chi connectivity index (χ3n) is 4.90. The van der Waals surface area contributed by atoms with Crippen molar-refractivity contribution in [2.75, 3.05) is 5.32 Å². The number of amides is 3. The summed E-state index contributed by atoms with van der Waals surface area (Å²) < 4.78 is 0. The lowest BCUT2D eigenvalue weighted by atomic mass is 10.00. The second-order valence-electron chi connectivity index (χ2n) is 8.27. The van der Waals surface area contributed by atoms with E-state index in [1.165, 1.54) is 6.08 Å². The molecule has 0 saturated carbocycles. The first-order valence-corrected chi connectivity index (χ1v) is 14.6. The first-order valence-electron chi connectivity index (χ1n) is 14.6. The van der Waals surface area contributed by atoms with Crippen LogP contribution in [0.2, 0.25) is 0 Å². The standard InChI is InChI=1S/C21H34N2O3.C4H6O.C3H2O.2C2H6.CH3NO/c1-5-7-8-9-10-20(25)23-18(15(3)4)14-21(26)22-17-12-11-16(6-2)13-19(17)24;1-2-3-4-5;1-2-3-4;2*1-2;2-1-3/h11-13,15,18,24H,5-10,14H2,1-4H3,(H,22,26)(H,23,25);2-4H,1H3;1,3H;2*1-2H3;1H,(H2,2,3)/b;3-2-;;;;. The van der Waals surface area contributed by atoms with Crippen molar-refractivity contribution in [3.63, 3.8) is 0 Å². The van der Waals surface area contributed by atoms with Gasteiger partial charge >= 0.3 is 0 Å². The van der Waals surface area contributed by atoms with Crippen LogP contribution < -0.4 is 16.4 Å². The van der Waals surface area contributed by atoms with Gasteiger partial charge in [0.1, 0.15) is 12.0 Å². The zero-order chi connectivity index (χ0) is 33.8. The van der Waals surface area contributed by atoms with Crippen molar-refractivity contribution < 1.29 is 29.1 Å². The van der Waals surface area contributed by atoms with Crippen molar-refractivity contribution in [3.05, 3.63) is 35.9 Å². The van der Waals surface area contributed by atoms with Gasteiger partial charge in [-0.3, -0.25) is 24.0 Å². The van der Waals surface area contributed by atoms with Gasteiger partial charge in [0.2, 0.25) is 18.2 Å². The zero-order valence-electron chi connectivity index (χ0n) is 27.4. The molecule has 0 fully saturated rings. The molecule has 9 heteroatoms. The number of phenolic OH excluding ortho intramolecular Hbond substituents is 1. The number of unbranched alkanes of at least 4 members (excludes halogenated alkanes) is 3. The lowest BCUT2D eigenvalue weighted by molar-refractivity contribution is -0.123. The van der Waals surface area contributed by atoms with Crippen LogP contribution in [0.15, 0.2) is 30.4 Å². The van der Waals surface area contributed by atoms with Crippen LogP contribution in [0.25, 0.3) is 0 Å². The average Bonchev–Trinajstić information content (AvgIpc) is 2.99. The molecule has 9 nitrogen and oxygen atoms in total. The van der Waals surface area contributed by atoms with E-state index in [-0.39, 0.29) is 42.4 Å². The second kappa shape index (κ2) is 39.2. The molecule has 42 heavy (non-hydrogen) atoms. The molecule has 1 unspecified atom stereocenters. The Morgan fingerprint density at radius 2 is 1.57 bits per heavy atom. The average molecular weight is 592 g/mol. The van der Waals surface area contributed by atoms with Gasteiger partial charge < -0.3 is 21.5 Å². The molecule has 0 radical (unpaired) electrons. The summed E-state index contributed by atoms with van der Waals surface area (Å²) >= 11 is 0. The first kappa shape index (κ1) is 47.8. The molecule has 0 aliphatic rings. The molecule has 240 valence electrons. The number of carbonyl (C=O) groups is 5. The number of aromatic hydroxyl groups is 1. The molecule has 1 atom stereocenters. The fourth-order valence-corrected chi connectivity index (χ4v) is 2.83. The normalized spacial score (nSPS) is 9.45. The number of anilines is 1. The molecule has 0 aliphatic heterocycles. The Morgan fingerprint density at radius 1 is 1.02 bits per heavy atom. The van der Waals surface area contributed by atoms with Gasteiger partial charge in [0, 0.05) is 18.9 Å². The van der Waals surface area contributed by atoms with Crippen molar-refractivity contribution in [2.24, 2.45) is 11.7 Å². The molecule has 0 bridgehead atoms. The number of carbonyl (C=O) groups excluding carboxylic acids is 5. The number of nitrogens with two attached hydrogens (primary N) is 1. The lowest BCUT2D eigenvalue weighted by Crippen LogP contribution is -2.41. The highest BCUT2D eigenvalue weighted by Crippen LogP contribution is 2.25. The summed E-state index contributed by atoms with van der Waals surface area (Å²) in [5.74, 6) is 1.76. The lowest BCUT2D eigenvalue weighted by Gasteiger charge is -2.22. The van der Waals surface area contributed by atoms with Crippen LogP contribution in [0.1, 0.15) is 106 Å². The van der Waals surface area contributed by atoms with Crippen molar-refractivity contribution in [1.29, 1.82) is 0 Å². The summed E-state index contributed by atoms with van der Waals surface area (Å²) in [5.41, 5.74) is 5.58. The monoisotopic (exact) mass is 591 g/mol. The van der Waals surface area contributed by atoms with E-state index in [9.17, 15) is 19.5 Å². The van der Waals surface area contributed by atoms with E-state index < -0.39 is 0 Å². The number of nitrogens with one attached hydrogen (secondary N) is 2. The highest BCUT2D eigenvalue weighted by molar-refractivity contribution is 5.93. The van der Waals surface area contributed by atoms with Gasteiger partial charge in [0.15, 0.2) is 6.29 Å². The van der Waals surface area contributed by atoms with Gasteiger partial charge in [0.05, 0.1) is 5.69 Å². The molecule has 0 spiro atoms. The third kappa shape index (κ3) is 34.1. The quantitative estimate of drug-likeness (QED) is 0.0753. The number of phenols is 1. The minimum atomic E-state index is -0.217. The zero-order valence-corrected chi connectivity index (χ0v) is 27.4. The molecule has 1 rings (SSSR count). The smallest absolute Gasteiger partial charge is 0.226 e. The number of primary amides is 1. The number of aldehydes is 2. The molecular formula is C33H57N3O6. The highest BCUT2D eigenvalue weighted by atomic mass is 16.3. The largest absolute Gasteiger partial charge is 0.506 e. The number of benzene rings is 1. The molecule has 0 heterocycles. The summed E-state index contributed by atoms with van der Waals surface area (Å²) in [6, 6.07) is 5.04. The molecule has 1 aromatic carbocycles. The minimum Gasteiger partial charge on any atom is -0.506 e. The van der Waals surface area contributed by atoms with E-state index >= 15 is 0 Å². The van der Waals surface area contributed by atoms with Crippen LogP contribution in [-0.2, 0) is 30.4 Å².